The van der Waals surface area contributed by atoms with Crippen LogP contribution >= 0.6 is 0 Å². The second kappa shape index (κ2) is 7.04. The number of nitrogen functional groups attached to an aromatic ring is 1. The highest BCUT2D eigenvalue weighted by molar-refractivity contribution is 6.09. The standard InChI is InChI=1S/C21H22N2O4/c22-13-7-5-12(6-8-13)20(24)19(21(25)26)18-14-3-1-2-4-16(14)27-17-9-10-23-11-15(17)18/h1-8,15,17-19,23H,9-11,22H2,(H,25,26). The Hall–Kier alpha value is -2.86. The molecule has 2 aliphatic rings. The monoisotopic (exact) mass is 366 g/mol. The molecule has 0 amide bonds. The summed E-state index contributed by atoms with van der Waals surface area (Å²) >= 11 is 0. The molecular weight excluding hydrogens is 344 g/mol. The van der Waals surface area contributed by atoms with Crippen LogP contribution in [0.4, 0.5) is 5.69 Å². The Morgan fingerprint density at radius 1 is 1.15 bits per heavy atom. The average molecular weight is 366 g/mol. The fourth-order valence-corrected chi connectivity index (χ4v) is 4.30. The number of hydrogen-bond donors (Lipinski definition) is 3. The molecule has 0 spiro atoms. The summed E-state index contributed by atoms with van der Waals surface area (Å²) in [5, 5.41) is 13.3. The number of carbonyl (C=O) groups excluding carboxylic acids is 1. The number of Topliss-reactive ketones (excluding diaryl/α,β-unsaturated/α-hetero) is 1. The lowest BCUT2D eigenvalue weighted by atomic mass is 9.69. The first-order valence-electron chi connectivity index (χ1n) is 9.15. The smallest absolute Gasteiger partial charge is 0.315 e. The number of benzene rings is 2. The van der Waals surface area contributed by atoms with E-state index >= 15 is 0 Å². The molecule has 2 aromatic carbocycles. The van der Waals surface area contributed by atoms with Crippen molar-refractivity contribution in [2.45, 2.75) is 18.4 Å². The predicted octanol–water partition coefficient (Wildman–Crippen LogP) is 2.31. The molecule has 27 heavy (non-hydrogen) atoms. The molecule has 4 rings (SSSR count). The maximum Gasteiger partial charge on any atom is 0.315 e. The summed E-state index contributed by atoms with van der Waals surface area (Å²) in [6.07, 6.45) is 0.699. The molecule has 0 bridgehead atoms. The summed E-state index contributed by atoms with van der Waals surface area (Å²) in [6, 6.07) is 13.9. The minimum Gasteiger partial charge on any atom is -0.490 e. The van der Waals surface area contributed by atoms with E-state index in [0.717, 1.165) is 18.5 Å². The maximum atomic E-state index is 13.2. The van der Waals surface area contributed by atoms with Gasteiger partial charge in [0.15, 0.2) is 5.78 Å². The van der Waals surface area contributed by atoms with Gasteiger partial charge in [0.1, 0.15) is 17.8 Å². The molecule has 2 heterocycles. The van der Waals surface area contributed by atoms with E-state index in [0.29, 0.717) is 23.5 Å². The van der Waals surface area contributed by atoms with Gasteiger partial charge in [-0.1, -0.05) is 18.2 Å². The topological polar surface area (TPSA) is 102 Å². The van der Waals surface area contributed by atoms with E-state index in [1.165, 1.54) is 0 Å². The van der Waals surface area contributed by atoms with E-state index in [9.17, 15) is 14.7 Å². The third-order valence-corrected chi connectivity index (χ3v) is 5.58. The van der Waals surface area contributed by atoms with Gasteiger partial charge in [0.05, 0.1) is 0 Å². The van der Waals surface area contributed by atoms with Gasteiger partial charge in [-0.05, 0) is 48.9 Å². The first kappa shape index (κ1) is 17.5. The number of aliphatic carboxylic acids is 1. The third-order valence-electron chi connectivity index (χ3n) is 5.58. The van der Waals surface area contributed by atoms with Crippen LogP contribution in [-0.2, 0) is 4.79 Å². The number of nitrogens with one attached hydrogen (secondary N) is 1. The van der Waals surface area contributed by atoms with Crippen molar-refractivity contribution in [2.75, 3.05) is 18.8 Å². The molecule has 4 atom stereocenters. The van der Waals surface area contributed by atoms with Crippen molar-refractivity contribution < 1.29 is 19.4 Å². The van der Waals surface area contributed by atoms with Crippen molar-refractivity contribution in [1.82, 2.24) is 5.32 Å². The molecule has 0 saturated carbocycles. The Morgan fingerprint density at radius 3 is 2.63 bits per heavy atom. The first-order valence-corrected chi connectivity index (χ1v) is 9.15. The SMILES string of the molecule is Nc1ccc(C(=O)C(C(=O)O)C2c3ccccc3OC3CCNCC32)cc1. The molecule has 4 N–H and O–H groups in total. The lowest BCUT2D eigenvalue weighted by Gasteiger charge is -2.44. The zero-order chi connectivity index (χ0) is 19.0. The summed E-state index contributed by atoms with van der Waals surface area (Å²) in [4.78, 5) is 25.5. The van der Waals surface area contributed by atoms with Crippen LogP contribution in [0.3, 0.4) is 0 Å². The number of nitrogens with two attached hydrogens (primary N) is 1. The lowest BCUT2D eigenvalue weighted by molar-refractivity contribution is -0.141. The summed E-state index contributed by atoms with van der Waals surface area (Å²) in [5.74, 6) is -2.52. The van der Waals surface area contributed by atoms with Crippen molar-refractivity contribution in [3.05, 3.63) is 59.7 Å². The number of carbonyl (C=O) groups is 2. The molecule has 2 aromatic rings. The highest BCUT2D eigenvalue weighted by Crippen LogP contribution is 2.46. The number of carboxylic acid groups (broad SMARTS) is 1. The van der Waals surface area contributed by atoms with E-state index in [-0.39, 0.29) is 12.0 Å². The Kier molecular flexibility index (Phi) is 4.58. The van der Waals surface area contributed by atoms with Gasteiger partial charge in [-0.2, -0.15) is 0 Å². The molecule has 1 fully saturated rings. The largest absolute Gasteiger partial charge is 0.490 e. The van der Waals surface area contributed by atoms with Crippen LogP contribution in [0.15, 0.2) is 48.5 Å². The van der Waals surface area contributed by atoms with Crippen LogP contribution in [0.25, 0.3) is 0 Å². The number of carboxylic acids is 1. The van der Waals surface area contributed by atoms with Gasteiger partial charge in [0.2, 0.25) is 0 Å². The van der Waals surface area contributed by atoms with Crippen molar-refractivity contribution >= 4 is 17.4 Å². The van der Waals surface area contributed by atoms with Gasteiger partial charge in [0.25, 0.3) is 0 Å². The summed E-state index contributed by atoms with van der Waals surface area (Å²) < 4.78 is 6.14. The minimum absolute atomic E-state index is 0.0764. The van der Waals surface area contributed by atoms with Gasteiger partial charge in [-0.3, -0.25) is 9.59 Å². The maximum absolute atomic E-state index is 13.2. The van der Waals surface area contributed by atoms with Gasteiger partial charge >= 0.3 is 5.97 Å². The van der Waals surface area contributed by atoms with Crippen molar-refractivity contribution in [3.63, 3.8) is 0 Å². The van der Waals surface area contributed by atoms with Crippen molar-refractivity contribution in [1.29, 1.82) is 0 Å². The predicted molar refractivity (Wildman–Crippen MR) is 101 cm³/mol. The third kappa shape index (κ3) is 3.17. The van der Waals surface area contributed by atoms with Crippen LogP contribution < -0.4 is 15.8 Å². The van der Waals surface area contributed by atoms with Crippen LogP contribution in [0.2, 0.25) is 0 Å². The number of rotatable bonds is 4. The first-order chi connectivity index (χ1) is 13.1. The number of fused-ring (bicyclic) bond motifs is 2. The van der Waals surface area contributed by atoms with Gasteiger partial charge in [0, 0.05) is 29.6 Å². The van der Waals surface area contributed by atoms with E-state index in [1.54, 1.807) is 24.3 Å². The highest BCUT2D eigenvalue weighted by Gasteiger charge is 2.48. The van der Waals surface area contributed by atoms with Crippen LogP contribution in [0, 0.1) is 11.8 Å². The van der Waals surface area contributed by atoms with Crippen LogP contribution in [0.5, 0.6) is 5.75 Å². The molecule has 140 valence electrons. The minimum atomic E-state index is -1.17. The molecule has 2 aliphatic heterocycles. The highest BCUT2D eigenvalue weighted by atomic mass is 16.5. The van der Waals surface area contributed by atoms with E-state index in [1.807, 2.05) is 24.3 Å². The molecule has 0 radical (unpaired) electrons. The quantitative estimate of drug-likeness (QED) is 0.436. The van der Waals surface area contributed by atoms with Crippen molar-refractivity contribution in [2.24, 2.45) is 11.8 Å². The summed E-state index contributed by atoms with van der Waals surface area (Å²) in [7, 11) is 0. The molecule has 4 unspecified atom stereocenters. The number of para-hydroxylation sites is 1. The van der Waals surface area contributed by atoms with E-state index in [2.05, 4.69) is 5.32 Å². The van der Waals surface area contributed by atoms with E-state index in [4.69, 9.17) is 10.5 Å². The fraction of sp³-hybridized carbons (Fsp3) is 0.333. The molecular formula is C21H22N2O4. The Bertz CT molecular complexity index is 865. The number of hydrogen-bond acceptors (Lipinski definition) is 5. The zero-order valence-electron chi connectivity index (χ0n) is 14.8. The molecule has 6 nitrogen and oxygen atoms in total. The Balaban J connectivity index is 1.79. The molecule has 0 aliphatic carbocycles. The molecule has 6 heteroatoms. The second-order valence-corrected chi connectivity index (χ2v) is 7.18. The number of piperidine rings is 1. The second-order valence-electron chi connectivity index (χ2n) is 7.18. The Morgan fingerprint density at radius 2 is 1.89 bits per heavy atom. The van der Waals surface area contributed by atoms with Crippen LogP contribution in [0.1, 0.15) is 28.3 Å². The normalized spacial score (nSPS) is 24.8. The molecule has 0 aromatic heterocycles. The van der Waals surface area contributed by atoms with Gasteiger partial charge in [-0.25, -0.2) is 0 Å². The Labute approximate surface area is 157 Å². The fourth-order valence-electron chi connectivity index (χ4n) is 4.30. The van der Waals surface area contributed by atoms with E-state index < -0.39 is 23.6 Å². The number of ketones is 1. The summed E-state index contributed by atoms with van der Waals surface area (Å²) in [6.45, 7) is 1.45. The van der Waals surface area contributed by atoms with Gasteiger partial charge < -0.3 is 20.9 Å². The van der Waals surface area contributed by atoms with Crippen molar-refractivity contribution in [3.8, 4) is 5.75 Å². The lowest BCUT2D eigenvalue weighted by Crippen LogP contribution is -2.51. The average Bonchev–Trinajstić information content (AvgIpc) is 2.68. The number of ether oxygens (including phenoxy) is 1. The van der Waals surface area contributed by atoms with Gasteiger partial charge in [-0.15, -0.1) is 0 Å². The number of anilines is 1. The van der Waals surface area contributed by atoms with Crippen LogP contribution in [-0.4, -0.2) is 36.1 Å². The molecule has 1 saturated heterocycles. The summed E-state index contributed by atoms with van der Waals surface area (Å²) in [5.41, 5.74) is 7.39. The zero-order valence-corrected chi connectivity index (χ0v) is 14.8.